The van der Waals surface area contributed by atoms with Crippen molar-refractivity contribution in [2.24, 2.45) is 0 Å². The zero-order valence-electron chi connectivity index (χ0n) is 13.7. The second-order valence-electron chi connectivity index (χ2n) is 6.04. The second kappa shape index (κ2) is 5.99. The number of hydrogen-bond acceptors (Lipinski definition) is 1. The van der Waals surface area contributed by atoms with Gasteiger partial charge in [-0.15, -0.1) is 11.8 Å². The van der Waals surface area contributed by atoms with Crippen molar-refractivity contribution in [1.82, 2.24) is 4.57 Å². The monoisotopic (exact) mass is 335 g/mol. The third kappa shape index (κ3) is 2.40. The molecule has 0 aliphatic heterocycles. The maximum Gasteiger partial charge on any atom is 0.123 e. The van der Waals surface area contributed by atoms with Crippen molar-refractivity contribution in [2.75, 3.05) is 6.26 Å². The third-order valence-electron chi connectivity index (χ3n) is 4.53. The molecular formula is C21H18FNS. The molecule has 0 bridgehead atoms. The van der Waals surface area contributed by atoms with Gasteiger partial charge in [0.1, 0.15) is 5.82 Å². The first kappa shape index (κ1) is 15.3. The molecule has 0 aliphatic carbocycles. The van der Waals surface area contributed by atoms with Crippen LogP contribution in [-0.4, -0.2) is 10.8 Å². The average molecular weight is 335 g/mol. The van der Waals surface area contributed by atoms with Gasteiger partial charge >= 0.3 is 0 Å². The Balaban J connectivity index is 2.06. The molecule has 0 saturated heterocycles. The van der Waals surface area contributed by atoms with E-state index in [0.29, 0.717) is 6.54 Å². The van der Waals surface area contributed by atoms with E-state index in [9.17, 15) is 4.39 Å². The van der Waals surface area contributed by atoms with E-state index < -0.39 is 0 Å². The van der Waals surface area contributed by atoms with E-state index >= 15 is 0 Å². The predicted molar refractivity (Wildman–Crippen MR) is 101 cm³/mol. The number of aromatic nitrogens is 1. The summed E-state index contributed by atoms with van der Waals surface area (Å²) in [4.78, 5) is 1.25. The Labute approximate surface area is 145 Å². The first-order valence-electron chi connectivity index (χ1n) is 7.98. The molecule has 4 rings (SSSR count). The molecule has 120 valence electrons. The number of halogens is 1. The van der Waals surface area contributed by atoms with Crippen LogP contribution >= 0.6 is 11.8 Å². The summed E-state index contributed by atoms with van der Waals surface area (Å²) in [5.41, 5.74) is 4.69. The zero-order valence-corrected chi connectivity index (χ0v) is 14.5. The van der Waals surface area contributed by atoms with Crippen LogP contribution in [0.3, 0.4) is 0 Å². The van der Waals surface area contributed by atoms with E-state index in [1.165, 1.54) is 38.3 Å². The van der Waals surface area contributed by atoms with Gasteiger partial charge in [0.2, 0.25) is 0 Å². The lowest BCUT2D eigenvalue weighted by atomic mass is 10.1. The number of rotatable bonds is 3. The highest BCUT2D eigenvalue weighted by Gasteiger charge is 2.15. The van der Waals surface area contributed by atoms with E-state index in [1.54, 1.807) is 23.9 Å². The molecule has 0 amide bonds. The highest BCUT2D eigenvalue weighted by Crippen LogP contribution is 2.37. The number of benzene rings is 3. The minimum absolute atomic E-state index is 0.186. The van der Waals surface area contributed by atoms with Crippen molar-refractivity contribution in [1.29, 1.82) is 0 Å². The van der Waals surface area contributed by atoms with Gasteiger partial charge in [0.05, 0.1) is 5.52 Å². The van der Waals surface area contributed by atoms with Gasteiger partial charge < -0.3 is 4.57 Å². The first-order chi connectivity index (χ1) is 11.7. The highest BCUT2D eigenvalue weighted by molar-refractivity contribution is 7.98. The quantitative estimate of drug-likeness (QED) is 0.415. The van der Waals surface area contributed by atoms with Crippen LogP contribution in [0.2, 0.25) is 0 Å². The molecule has 0 spiro atoms. The van der Waals surface area contributed by atoms with Crippen LogP contribution in [0.1, 0.15) is 11.1 Å². The molecule has 0 radical (unpaired) electrons. The molecule has 1 heterocycles. The van der Waals surface area contributed by atoms with Gasteiger partial charge in [-0.05, 0) is 48.6 Å². The molecule has 0 atom stereocenters. The smallest absolute Gasteiger partial charge is 0.123 e. The maximum absolute atomic E-state index is 13.6. The Hall–Kier alpha value is -2.26. The Bertz CT molecular complexity index is 1050. The fourth-order valence-corrected chi connectivity index (χ4v) is 4.08. The van der Waals surface area contributed by atoms with Crippen LogP contribution in [0.25, 0.3) is 21.8 Å². The average Bonchev–Trinajstić information content (AvgIpc) is 2.91. The van der Waals surface area contributed by atoms with Crippen LogP contribution < -0.4 is 0 Å². The maximum atomic E-state index is 13.6. The second-order valence-corrected chi connectivity index (χ2v) is 6.89. The van der Waals surface area contributed by atoms with Gasteiger partial charge in [0.15, 0.2) is 0 Å². The summed E-state index contributed by atoms with van der Waals surface area (Å²) in [6, 6.07) is 19.7. The van der Waals surface area contributed by atoms with Gasteiger partial charge in [-0.25, -0.2) is 4.39 Å². The normalized spacial score (nSPS) is 11.5. The minimum atomic E-state index is -0.186. The summed E-state index contributed by atoms with van der Waals surface area (Å²) in [7, 11) is 0. The standard InChI is InChI=1S/C21H18FNS/c1-14-10-11-19(24-2)21-20(14)17-8-3-4-9-18(17)23(21)13-15-6-5-7-16(22)12-15/h3-12H,13H2,1-2H3. The lowest BCUT2D eigenvalue weighted by Gasteiger charge is -2.11. The fourth-order valence-electron chi connectivity index (χ4n) is 3.47. The van der Waals surface area contributed by atoms with Gasteiger partial charge in [-0.1, -0.05) is 36.4 Å². The molecular weight excluding hydrogens is 317 g/mol. The molecule has 24 heavy (non-hydrogen) atoms. The van der Waals surface area contributed by atoms with Crippen molar-refractivity contribution in [3.05, 3.63) is 77.6 Å². The van der Waals surface area contributed by atoms with Crippen molar-refractivity contribution < 1.29 is 4.39 Å². The molecule has 0 saturated carbocycles. The summed E-state index contributed by atoms with van der Waals surface area (Å²) in [5, 5.41) is 2.56. The molecule has 0 unspecified atom stereocenters. The van der Waals surface area contributed by atoms with Gasteiger partial charge in [-0.3, -0.25) is 0 Å². The molecule has 1 nitrogen and oxygen atoms in total. The summed E-state index contributed by atoms with van der Waals surface area (Å²) in [5.74, 6) is -0.186. The Morgan fingerprint density at radius 2 is 1.83 bits per heavy atom. The van der Waals surface area contributed by atoms with E-state index in [0.717, 1.165) is 5.56 Å². The largest absolute Gasteiger partial charge is 0.335 e. The number of hydrogen-bond donors (Lipinski definition) is 0. The van der Waals surface area contributed by atoms with E-state index in [2.05, 4.69) is 54.1 Å². The minimum Gasteiger partial charge on any atom is -0.335 e. The van der Waals surface area contributed by atoms with Crippen LogP contribution in [0.5, 0.6) is 0 Å². The molecule has 3 aromatic carbocycles. The SMILES string of the molecule is CSc1ccc(C)c2c3ccccc3n(Cc3cccc(F)c3)c12. The molecule has 3 heteroatoms. The number of thioether (sulfide) groups is 1. The Kier molecular flexibility index (Phi) is 3.81. The Morgan fingerprint density at radius 1 is 1.00 bits per heavy atom. The molecule has 0 fully saturated rings. The van der Waals surface area contributed by atoms with Crippen molar-refractivity contribution in [3.8, 4) is 0 Å². The highest BCUT2D eigenvalue weighted by atomic mass is 32.2. The summed E-state index contributed by atoms with van der Waals surface area (Å²) in [6.07, 6.45) is 2.11. The lowest BCUT2D eigenvalue weighted by Crippen LogP contribution is -2.00. The molecule has 4 aromatic rings. The van der Waals surface area contributed by atoms with Crippen LogP contribution in [-0.2, 0) is 6.54 Å². The number of fused-ring (bicyclic) bond motifs is 3. The summed E-state index contributed by atoms with van der Waals surface area (Å²) >= 11 is 1.76. The number of aryl methyl sites for hydroxylation is 1. The zero-order chi connectivity index (χ0) is 16.7. The molecule has 0 aliphatic rings. The summed E-state index contributed by atoms with van der Waals surface area (Å²) < 4.78 is 15.9. The van der Waals surface area contributed by atoms with Crippen LogP contribution in [0, 0.1) is 12.7 Å². The van der Waals surface area contributed by atoms with E-state index in [-0.39, 0.29) is 5.82 Å². The van der Waals surface area contributed by atoms with E-state index in [1.807, 2.05) is 6.07 Å². The third-order valence-corrected chi connectivity index (χ3v) is 5.30. The van der Waals surface area contributed by atoms with Gasteiger partial charge in [0.25, 0.3) is 0 Å². The van der Waals surface area contributed by atoms with Crippen molar-refractivity contribution in [2.45, 2.75) is 18.4 Å². The van der Waals surface area contributed by atoms with Crippen LogP contribution in [0.4, 0.5) is 4.39 Å². The van der Waals surface area contributed by atoms with Gasteiger partial charge in [-0.2, -0.15) is 0 Å². The molecule has 0 N–H and O–H groups in total. The predicted octanol–water partition coefficient (Wildman–Crippen LogP) is 6.01. The van der Waals surface area contributed by atoms with Crippen molar-refractivity contribution >= 4 is 33.6 Å². The lowest BCUT2D eigenvalue weighted by molar-refractivity contribution is 0.624. The first-order valence-corrected chi connectivity index (χ1v) is 9.20. The topological polar surface area (TPSA) is 4.93 Å². The molecule has 1 aromatic heterocycles. The number of para-hydroxylation sites is 1. The van der Waals surface area contributed by atoms with E-state index in [4.69, 9.17) is 0 Å². The van der Waals surface area contributed by atoms with Crippen molar-refractivity contribution in [3.63, 3.8) is 0 Å². The Morgan fingerprint density at radius 3 is 2.62 bits per heavy atom. The van der Waals surface area contributed by atoms with Gasteiger partial charge in [0, 0.05) is 27.7 Å². The fraction of sp³-hybridized carbons (Fsp3) is 0.143. The van der Waals surface area contributed by atoms with Crippen LogP contribution in [0.15, 0.2) is 65.6 Å². The summed E-state index contributed by atoms with van der Waals surface area (Å²) in [6.45, 7) is 2.82. The number of nitrogens with zero attached hydrogens (tertiary/aromatic N) is 1.